The van der Waals surface area contributed by atoms with E-state index in [-0.39, 0.29) is 18.2 Å². The number of para-hydroxylation sites is 1. The molecule has 1 amide bonds. The van der Waals surface area contributed by atoms with Gasteiger partial charge in [0.25, 0.3) is 5.91 Å². The number of hydrogen-bond donors (Lipinski definition) is 2. The van der Waals surface area contributed by atoms with Crippen LogP contribution in [0, 0.1) is 5.82 Å². The molecule has 0 aliphatic carbocycles. The van der Waals surface area contributed by atoms with Gasteiger partial charge < -0.3 is 15.3 Å². The van der Waals surface area contributed by atoms with E-state index in [2.05, 4.69) is 5.32 Å². The Morgan fingerprint density at radius 2 is 2.22 bits per heavy atom. The van der Waals surface area contributed by atoms with Crippen LogP contribution in [-0.2, 0) is 0 Å². The molecule has 1 aromatic carbocycles. The average Bonchev–Trinajstić information content (AvgIpc) is 2.39. The summed E-state index contributed by atoms with van der Waals surface area (Å²) >= 11 is 0. The van der Waals surface area contributed by atoms with E-state index >= 15 is 0 Å². The van der Waals surface area contributed by atoms with Crippen molar-refractivity contribution >= 4 is 11.6 Å². The maximum atomic E-state index is 13.6. The number of aliphatic hydroxyl groups is 1. The molecule has 0 bridgehead atoms. The fraction of sp³-hybridized carbons (Fsp3) is 0.462. The third-order valence-electron chi connectivity index (χ3n) is 2.75. The number of nitrogens with one attached hydrogen (secondary N) is 1. The summed E-state index contributed by atoms with van der Waals surface area (Å²) in [5.74, 6) is -0.670. The van der Waals surface area contributed by atoms with Crippen LogP contribution < -0.4 is 5.32 Å². The van der Waals surface area contributed by atoms with E-state index in [1.54, 1.807) is 18.0 Å². The Kier molecular flexibility index (Phi) is 5.58. The van der Waals surface area contributed by atoms with Crippen LogP contribution in [0.2, 0.25) is 0 Å². The Balaban J connectivity index is 2.97. The quantitative estimate of drug-likeness (QED) is 0.812. The van der Waals surface area contributed by atoms with E-state index < -0.39 is 5.82 Å². The molecule has 0 radical (unpaired) electrons. The second kappa shape index (κ2) is 6.96. The molecule has 0 spiro atoms. The molecule has 100 valence electrons. The van der Waals surface area contributed by atoms with Crippen LogP contribution in [0.4, 0.5) is 10.1 Å². The Morgan fingerprint density at radius 3 is 2.78 bits per heavy atom. The summed E-state index contributed by atoms with van der Waals surface area (Å²) in [7, 11) is 1.58. The Labute approximate surface area is 106 Å². The third-order valence-corrected chi connectivity index (χ3v) is 2.75. The van der Waals surface area contributed by atoms with E-state index in [4.69, 9.17) is 5.11 Å². The average molecular weight is 254 g/mol. The third kappa shape index (κ3) is 3.20. The van der Waals surface area contributed by atoms with Gasteiger partial charge in [0, 0.05) is 26.7 Å². The van der Waals surface area contributed by atoms with E-state index in [9.17, 15) is 9.18 Å². The van der Waals surface area contributed by atoms with Gasteiger partial charge in [-0.05, 0) is 25.5 Å². The molecule has 5 heteroatoms. The molecule has 0 unspecified atom stereocenters. The molecule has 0 aromatic heterocycles. The molecule has 2 N–H and O–H groups in total. The highest BCUT2D eigenvalue weighted by Gasteiger charge is 2.18. The number of rotatable bonds is 6. The Bertz CT molecular complexity index is 410. The minimum Gasteiger partial charge on any atom is -0.396 e. The first-order valence-electron chi connectivity index (χ1n) is 6.02. The van der Waals surface area contributed by atoms with Crippen LogP contribution >= 0.6 is 0 Å². The highest BCUT2D eigenvalue weighted by atomic mass is 19.1. The van der Waals surface area contributed by atoms with Crippen LogP contribution in [-0.4, -0.2) is 42.7 Å². The molecule has 4 nitrogen and oxygen atoms in total. The topological polar surface area (TPSA) is 52.6 Å². The number of carbonyl (C=O) groups is 1. The van der Waals surface area contributed by atoms with Gasteiger partial charge >= 0.3 is 0 Å². The molecule has 0 aliphatic rings. The van der Waals surface area contributed by atoms with Crippen LogP contribution in [0.25, 0.3) is 0 Å². The molecule has 1 rings (SSSR count). The number of anilines is 1. The molecular weight excluding hydrogens is 235 g/mol. The standard InChI is InChI=1S/C13H19FN2O2/c1-3-16(8-5-9-17)13(18)10-6-4-7-11(14)12(10)15-2/h4,6-7,15,17H,3,5,8-9H2,1-2H3. The summed E-state index contributed by atoms with van der Waals surface area (Å²) in [6, 6.07) is 4.43. The maximum Gasteiger partial charge on any atom is 0.256 e. The van der Waals surface area contributed by atoms with Crippen LogP contribution in [0.15, 0.2) is 18.2 Å². The molecule has 0 fully saturated rings. The predicted molar refractivity (Wildman–Crippen MR) is 69.2 cm³/mol. The fourth-order valence-corrected chi connectivity index (χ4v) is 1.79. The monoisotopic (exact) mass is 254 g/mol. The van der Waals surface area contributed by atoms with Crippen molar-refractivity contribution in [3.05, 3.63) is 29.6 Å². The molecule has 0 heterocycles. The normalized spacial score (nSPS) is 10.2. The van der Waals surface area contributed by atoms with Crippen molar-refractivity contribution in [1.82, 2.24) is 4.90 Å². The lowest BCUT2D eigenvalue weighted by molar-refractivity contribution is 0.0755. The second-order valence-corrected chi connectivity index (χ2v) is 3.87. The van der Waals surface area contributed by atoms with Crippen molar-refractivity contribution in [2.75, 3.05) is 32.1 Å². The zero-order valence-electron chi connectivity index (χ0n) is 10.7. The first-order chi connectivity index (χ1) is 8.65. The summed E-state index contributed by atoms with van der Waals surface area (Å²) in [5, 5.41) is 11.5. The van der Waals surface area contributed by atoms with E-state index in [1.807, 2.05) is 6.92 Å². The van der Waals surface area contributed by atoms with Crippen LogP contribution in [0.5, 0.6) is 0 Å². The largest absolute Gasteiger partial charge is 0.396 e. The summed E-state index contributed by atoms with van der Waals surface area (Å²) < 4.78 is 13.6. The SMILES string of the molecule is CCN(CCCO)C(=O)c1cccc(F)c1NC. The first-order valence-corrected chi connectivity index (χ1v) is 6.02. The van der Waals surface area contributed by atoms with Crippen LogP contribution in [0.3, 0.4) is 0 Å². The van der Waals surface area contributed by atoms with Gasteiger partial charge in [-0.1, -0.05) is 6.07 Å². The van der Waals surface area contributed by atoms with Crippen molar-refractivity contribution < 1.29 is 14.3 Å². The highest BCUT2D eigenvalue weighted by molar-refractivity contribution is 5.99. The lowest BCUT2D eigenvalue weighted by atomic mass is 10.1. The molecule has 0 aliphatic heterocycles. The molecular formula is C13H19FN2O2. The summed E-state index contributed by atoms with van der Waals surface area (Å²) in [6.45, 7) is 2.88. The van der Waals surface area contributed by atoms with Crippen molar-refractivity contribution in [2.45, 2.75) is 13.3 Å². The lowest BCUT2D eigenvalue weighted by Gasteiger charge is -2.22. The number of halogens is 1. The van der Waals surface area contributed by atoms with Gasteiger partial charge in [0.15, 0.2) is 0 Å². The van der Waals surface area contributed by atoms with E-state index in [0.29, 0.717) is 25.1 Å². The van der Waals surface area contributed by atoms with Gasteiger partial charge in [0.05, 0.1) is 11.3 Å². The van der Waals surface area contributed by atoms with Gasteiger partial charge in [0.2, 0.25) is 0 Å². The molecule has 0 atom stereocenters. The fourth-order valence-electron chi connectivity index (χ4n) is 1.79. The maximum absolute atomic E-state index is 13.6. The zero-order chi connectivity index (χ0) is 13.5. The summed E-state index contributed by atoms with van der Waals surface area (Å²) in [5.41, 5.74) is 0.530. The van der Waals surface area contributed by atoms with Crippen molar-refractivity contribution in [2.24, 2.45) is 0 Å². The number of carbonyl (C=O) groups excluding carboxylic acids is 1. The van der Waals surface area contributed by atoms with Crippen molar-refractivity contribution in [3.8, 4) is 0 Å². The second-order valence-electron chi connectivity index (χ2n) is 3.87. The van der Waals surface area contributed by atoms with Gasteiger partial charge in [-0.2, -0.15) is 0 Å². The molecule has 0 saturated heterocycles. The molecule has 1 aromatic rings. The zero-order valence-corrected chi connectivity index (χ0v) is 10.7. The van der Waals surface area contributed by atoms with Crippen molar-refractivity contribution in [3.63, 3.8) is 0 Å². The van der Waals surface area contributed by atoms with Gasteiger partial charge in [-0.25, -0.2) is 4.39 Å². The Morgan fingerprint density at radius 1 is 1.50 bits per heavy atom. The van der Waals surface area contributed by atoms with Gasteiger partial charge in [-0.3, -0.25) is 4.79 Å². The summed E-state index contributed by atoms with van der Waals surface area (Å²) in [4.78, 5) is 13.8. The smallest absolute Gasteiger partial charge is 0.256 e. The van der Waals surface area contributed by atoms with Crippen LogP contribution in [0.1, 0.15) is 23.7 Å². The van der Waals surface area contributed by atoms with E-state index in [1.165, 1.54) is 12.1 Å². The number of hydrogen-bond acceptors (Lipinski definition) is 3. The predicted octanol–water partition coefficient (Wildman–Crippen LogP) is 1.71. The Hall–Kier alpha value is -1.62. The molecule has 18 heavy (non-hydrogen) atoms. The minimum atomic E-state index is -0.443. The van der Waals surface area contributed by atoms with E-state index in [0.717, 1.165) is 0 Å². The summed E-state index contributed by atoms with van der Waals surface area (Å²) in [6.07, 6.45) is 0.518. The minimum absolute atomic E-state index is 0.0335. The lowest BCUT2D eigenvalue weighted by Crippen LogP contribution is -2.32. The van der Waals surface area contributed by atoms with Gasteiger partial charge in [-0.15, -0.1) is 0 Å². The number of benzene rings is 1. The number of amides is 1. The number of nitrogens with zero attached hydrogens (tertiary/aromatic N) is 1. The molecule has 0 saturated carbocycles. The first kappa shape index (κ1) is 14.4. The van der Waals surface area contributed by atoms with Gasteiger partial charge in [0.1, 0.15) is 5.82 Å². The highest BCUT2D eigenvalue weighted by Crippen LogP contribution is 2.20. The van der Waals surface area contributed by atoms with Crippen molar-refractivity contribution in [1.29, 1.82) is 0 Å². The number of aliphatic hydroxyl groups excluding tert-OH is 1.